The highest BCUT2D eigenvalue weighted by atomic mass is 15.4. The van der Waals surface area contributed by atoms with Crippen molar-refractivity contribution in [1.82, 2.24) is 15.0 Å². The lowest BCUT2D eigenvalue weighted by Crippen LogP contribution is -2.09. The van der Waals surface area contributed by atoms with Crippen LogP contribution in [0.4, 0.5) is 0 Å². The Hall–Kier alpha value is -2.16. The van der Waals surface area contributed by atoms with Crippen molar-refractivity contribution in [3.05, 3.63) is 52.1 Å². The van der Waals surface area contributed by atoms with E-state index >= 15 is 0 Å². The van der Waals surface area contributed by atoms with Gasteiger partial charge in [-0.2, -0.15) is 0 Å². The quantitative estimate of drug-likeness (QED) is 0.679. The van der Waals surface area contributed by atoms with Crippen LogP contribution in [-0.2, 0) is 6.42 Å². The lowest BCUT2D eigenvalue weighted by molar-refractivity contribution is 0.776. The summed E-state index contributed by atoms with van der Waals surface area (Å²) in [6, 6.07) is 8.15. The van der Waals surface area contributed by atoms with Crippen LogP contribution in [0.3, 0.4) is 0 Å². The highest BCUT2D eigenvalue weighted by Crippen LogP contribution is 2.31. The topological polar surface area (TPSA) is 30.7 Å². The van der Waals surface area contributed by atoms with Gasteiger partial charge in [-0.3, -0.25) is 0 Å². The van der Waals surface area contributed by atoms with Gasteiger partial charge < -0.3 is 0 Å². The summed E-state index contributed by atoms with van der Waals surface area (Å²) in [7, 11) is 0. The molecule has 0 aliphatic heterocycles. The van der Waals surface area contributed by atoms with Crippen LogP contribution in [0.5, 0.6) is 0 Å². The molecule has 1 aromatic heterocycles. The highest BCUT2D eigenvalue weighted by molar-refractivity contribution is 5.77. The van der Waals surface area contributed by atoms with Gasteiger partial charge in [0.25, 0.3) is 0 Å². The molecule has 0 atom stereocenters. The summed E-state index contributed by atoms with van der Waals surface area (Å²) in [6.45, 7) is 11.2. The van der Waals surface area contributed by atoms with Gasteiger partial charge in [0.1, 0.15) is 5.52 Å². The zero-order valence-corrected chi connectivity index (χ0v) is 14.8. The number of unbranched alkanes of at least 4 members (excludes halogenated alkanes) is 1. The fourth-order valence-electron chi connectivity index (χ4n) is 3.45. The molecule has 0 amide bonds. The first-order valence-electron chi connectivity index (χ1n) is 8.46. The Morgan fingerprint density at radius 3 is 2.22 bits per heavy atom. The minimum absolute atomic E-state index is 0.941. The van der Waals surface area contributed by atoms with Crippen molar-refractivity contribution < 1.29 is 0 Å². The molecular weight excluding hydrogens is 282 g/mol. The average Bonchev–Trinajstić information content (AvgIpc) is 2.97. The Morgan fingerprint density at radius 1 is 0.913 bits per heavy atom. The molecule has 0 spiro atoms. The zero-order chi connectivity index (χ0) is 16.6. The summed E-state index contributed by atoms with van der Waals surface area (Å²) in [4.78, 5) is 0. The monoisotopic (exact) mass is 307 g/mol. The van der Waals surface area contributed by atoms with Crippen LogP contribution in [0, 0.1) is 27.7 Å². The maximum atomic E-state index is 4.43. The molecule has 0 saturated heterocycles. The van der Waals surface area contributed by atoms with Crippen molar-refractivity contribution in [3.8, 4) is 5.69 Å². The van der Waals surface area contributed by atoms with Gasteiger partial charge in [-0.1, -0.05) is 30.7 Å². The van der Waals surface area contributed by atoms with E-state index in [4.69, 9.17) is 0 Å². The van der Waals surface area contributed by atoms with Gasteiger partial charge >= 0.3 is 0 Å². The molecular formula is C20H25N3. The van der Waals surface area contributed by atoms with Crippen molar-refractivity contribution in [2.45, 2.75) is 53.9 Å². The molecule has 0 fully saturated rings. The van der Waals surface area contributed by atoms with Crippen LogP contribution in [-0.4, -0.2) is 15.0 Å². The molecule has 0 unspecified atom stereocenters. The van der Waals surface area contributed by atoms with Crippen LogP contribution in [0.1, 0.15) is 47.6 Å². The van der Waals surface area contributed by atoms with Gasteiger partial charge in [-0.25, -0.2) is 4.68 Å². The third-order valence-electron chi connectivity index (χ3n) is 5.08. The van der Waals surface area contributed by atoms with Gasteiger partial charge in [-0.05, 0) is 80.5 Å². The van der Waals surface area contributed by atoms with Crippen LogP contribution in [0.15, 0.2) is 24.3 Å². The number of aromatic nitrogens is 3. The van der Waals surface area contributed by atoms with Gasteiger partial charge in [0, 0.05) is 0 Å². The second kappa shape index (κ2) is 6.15. The summed E-state index contributed by atoms with van der Waals surface area (Å²) in [6.07, 6.45) is 3.63. The first-order chi connectivity index (χ1) is 11.1. The third kappa shape index (κ3) is 2.54. The van der Waals surface area contributed by atoms with E-state index in [9.17, 15) is 0 Å². The second-order valence-electron chi connectivity index (χ2n) is 6.42. The van der Waals surface area contributed by atoms with Crippen LogP contribution in [0.25, 0.3) is 16.7 Å². The first kappa shape index (κ1) is 15.7. The number of hydrogen-bond acceptors (Lipinski definition) is 2. The Bertz CT molecular complexity index is 830. The minimum atomic E-state index is 0.941. The molecule has 2 aromatic carbocycles. The van der Waals surface area contributed by atoms with Crippen molar-refractivity contribution >= 4 is 11.0 Å². The molecule has 0 aliphatic rings. The fraction of sp³-hybridized carbons (Fsp3) is 0.400. The van der Waals surface area contributed by atoms with Gasteiger partial charge in [0.2, 0.25) is 0 Å². The van der Waals surface area contributed by atoms with E-state index in [1.807, 2.05) is 22.9 Å². The molecule has 23 heavy (non-hydrogen) atoms. The molecule has 120 valence electrons. The Morgan fingerprint density at radius 2 is 1.57 bits per heavy atom. The van der Waals surface area contributed by atoms with Crippen molar-refractivity contribution in [3.63, 3.8) is 0 Å². The number of nitrogens with zero attached hydrogens (tertiary/aromatic N) is 3. The van der Waals surface area contributed by atoms with E-state index in [1.54, 1.807) is 0 Å². The van der Waals surface area contributed by atoms with Crippen molar-refractivity contribution in [2.24, 2.45) is 0 Å². The number of fused-ring (bicyclic) bond motifs is 1. The summed E-state index contributed by atoms with van der Waals surface area (Å²) >= 11 is 0. The van der Waals surface area contributed by atoms with Gasteiger partial charge in [0.05, 0.1) is 11.2 Å². The molecule has 0 bridgehead atoms. The summed E-state index contributed by atoms with van der Waals surface area (Å²) in [5.41, 5.74) is 10.1. The fourth-order valence-corrected chi connectivity index (χ4v) is 3.45. The van der Waals surface area contributed by atoms with Crippen LogP contribution >= 0.6 is 0 Å². The number of rotatable bonds is 4. The van der Waals surface area contributed by atoms with Gasteiger partial charge in [-0.15, -0.1) is 5.10 Å². The molecule has 3 aromatic rings. The molecule has 0 saturated carbocycles. The van der Waals surface area contributed by atoms with E-state index in [0.29, 0.717) is 0 Å². The SMILES string of the molecule is CCCCc1c(C)c(C)c(-n2nnc3ccccc32)c(C)c1C. The highest BCUT2D eigenvalue weighted by Gasteiger charge is 2.18. The first-order valence-corrected chi connectivity index (χ1v) is 8.46. The predicted octanol–water partition coefficient (Wildman–Crippen LogP) is 5.00. The number of benzene rings is 2. The van der Waals surface area contributed by atoms with E-state index in [2.05, 4.69) is 51.0 Å². The molecule has 0 radical (unpaired) electrons. The largest absolute Gasteiger partial charge is 0.212 e. The number of para-hydroxylation sites is 1. The third-order valence-corrected chi connectivity index (χ3v) is 5.08. The van der Waals surface area contributed by atoms with Crippen LogP contribution < -0.4 is 0 Å². The normalized spacial score (nSPS) is 11.3. The smallest absolute Gasteiger partial charge is 0.113 e. The Kier molecular flexibility index (Phi) is 4.20. The second-order valence-corrected chi connectivity index (χ2v) is 6.42. The van der Waals surface area contributed by atoms with Crippen LogP contribution in [0.2, 0.25) is 0 Å². The Labute approximate surface area is 138 Å². The van der Waals surface area contributed by atoms with Gasteiger partial charge in [0.15, 0.2) is 0 Å². The molecule has 1 heterocycles. The lowest BCUT2D eigenvalue weighted by atomic mass is 9.89. The van der Waals surface area contributed by atoms with E-state index in [1.165, 1.54) is 46.3 Å². The van der Waals surface area contributed by atoms with E-state index in [0.717, 1.165) is 17.5 Å². The molecule has 3 heteroatoms. The summed E-state index contributed by atoms with van der Waals surface area (Å²) in [5.74, 6) is 0. The lowest BCUT2D eigenvalue weighted by Gasteiger charge is -2.20. The van der Waals surface area contributed by atoms with E-state index < -0.39 is 0 Å². The van der Waals surface area contributed by atoms with Crippen molar-refractivity contribution in [2.75, 3.05) is 0 Å². The Balaban J connectivity index is 2.24. The maximum Gasteiger partial charge on any atom is 0.113 e. The summed E-state index contributed by atoms with van der Waals surface area (Å²) < 4.78 is 2.00. The standard InChI is InChI=1S/C20H25N3/c1-6-7-10-17-13(2)15(4)20(16(5)14(17)3)23-19-12-9-8-11-18(19)21-22-23/h8-9,11-12H,6-7,10H2,1-5H3. The molecule has 3 rings (SSSR count). The predicted molar refractivity (Wildman–Crippen MR) is 96.4 cm³/mol. The average molecular weight is 307 g/mol. The molecule has 0 N–H and O–H groups in total. The van der Waals surface area contributed by atoms with Crippen molar-refractivity contribution in [1.29, 1.82) is 0 Å². The van der Waals surface area contributed by atoms with E-state index in [-0.39, 0.29) is 0 Å². The number of hydrogen-bond donors (Lipinski definition) is 0. The molecule has 3 nitrogen and oxygen atoms in total. The zero-order valence-electron chi connectivity index (χ0n) is 14.8. The summed E-state index contributed by atoms with van der Waals surface area (Å²) in [5, 5.41) is 8.75. The maximum absolute atomic E-state index is 4.43. The minimum Gasteiger partial charge on any atom is -0.212 e. The molecule has 0 aliphatic carbocycles.